The fourth-order valence-electron chi connectivity index (χ4n) is 0.930. The maximum atomic E-state index is 2.99. The van der Waals surface area contributed by atoms with Crippen LogP contribution in [0.15, 0.2) is 36.5 Å². The monoisotopic (exact) mass is 278 g/mol. The van der Waals surface area contributed by atoms with Crippen LogP contribution in [0.2, 0.25) is 0 Å². The van der Waals surface area contributed by atoms with Crippen molar-refractivity contribution in [3.63, 3.8) is 0 Å². The second kappa shape index (κ2) is 17.3. The standard InChI is InChI=1S/2C5H5.C4H11P.Ni/c2*1-2-4-5-3-1;1-3-5-4-2;/h2*1-3H,4H2;5H,3-4H2,1-2H3;/q2*-1;;+2. The maximum Gasteiger partial charge on any atom is 2.00 e. The zero-order chi connectivity index (χ0) is 11.2. The van der Waals surface area contributed by atoms with E-state index in [-0.39, 0.29) is 16.5 Å². The van der Waals surface area contributed by atoms with Crippen molar-refractivity contribution in [2.45, 2.75) is 26.7 Å². The van der Waals surface area contributed by atoms with E-state index < -0.39 is 0 Å². The van der Waals surface area contributed by atoms with Crippen LogP contribution in [0.25, 0.3) is 0 Å². The first-order chi connectivity index (χ1) is 7.41. The van der Waals surface area contributed by atoms with E-state index >= 15 is 0 Å². The Kier molecular flexibility index (Phi) is 19.7. The van der Waals surface area contributed by atoms with Crippen molar-refractivity contribution in [1.82, 2.24) is 0 Å². The molecule has 0 bridgehead atoms. The van der Waals surface area contributed by atoms with E-state index in [1.807, 2.05) is 24.3 Å². The van der Waals surface area contributed by atoms with Crippen LogP contribution in [0.5, 0.6) is 0 Å². The summed E-state index contributed by atoms with van der Waals surface area (Å²) >= 11 is 0. The molecule has 0 N–H and O–H groups in total. The predicted octanol–water partition coefficient (Wildman–Crippen LogP) is 4.31. The van der Waals surface area contributed by atoms with Crippen molar-refractivity contribution in [1.29, 1.82) is 0 Å². The fourth-order valence-corrected chi connectivity index (χ4v) is 1.43. The third-order valence-electron chi connectivity index (χ3n) is 1.67. The van der Waals surface area contributed by atoms with Gasteiger partial charge in [0.2, 0.25) is 0 Å². The molecule has 0 fully saturated rings. The maximum absolute atomic E-state index is 2.99. The van der Waals surface area contributed by atoms with Gasteiger partial charge in [0.25, 0.3) is 0 Å². The minimum absolute atomic E-state index is 0. The summed E-state index contributed by atoms with van der Waals surface area (Å²) in [4.78, 5) is 0. The smallest absolute Gasteiger partial charge is 0.273 e. The second-order valence-electron chi connectivity index (χ2n) is 2.96. The molecule has 16 heavy (non-hydrogen) atoms. The molecule has 0 saturated heterocycles. The van der Waals surface area contributed by atoms with E-state index in [2.05, 4.69) is 38.2 Å². The van der Waals surface area contributed by atoms with Crippen molar-refractivity contribution in [3.05, 3.63) is 48.6 Å². The Morgan fingerprint density at radius 2 is 1.38 bits per heavy atom. The normalized spacial score (nSPS) is 13.6. The van der Waals surface area contributed by atoms with Gasteiger partial charge in [-0.1, -0.05) is 13.8 Å². The number of allylic oxidation sites excluding steroid dienone is 8. The SMILES string of the molecule is CCPCC.[C-]1=CC=CC1.[C-]1=CC=CC1.[Ni+2]. The molecule has 2 aliphatic carbocycles. The van der Waals surface area contributed by atoms with Crippen molar-refractivity contribution in [3.8, 4) is 0 Å². The molecule has 0 aliphatic heterocycles. The fraction of sp³-hybridized carbons (Fsp3) is 0.429. The van der Waals surface area contributed by atoms with Crippen LogP contribution in [0.1, 0.15) is 26.7 Å². The van der Waals surface area contributed by atoms with Gasteiger partial charge in [-0.05, 0) is 12.3 Å². The first kappa shape index (κ1) is 18.3. The molecule has 0 aromatic rings. The summed E-state index contributed by atoms with van der Waals surface area (Å²) in [5, 5.41) is 0. The van der Waals surface area contributed by atoms with Crippen molar-refractivity contribution in [2.24, 2.45) is 0 Å². The van der Waals surface area contributed by atoms with Gasteiger partial charge in [0.1, 0.15) is 0 Å². The van der Waals surface area contributed by atoms with Gasteiger partial charge in [0, 0.05) is 0 Å². The summed E-state index contributed by atoms with van der Waals surface area (Å²) in [6.07, 6.45) is 22.7. The first-order valence-corrected chi connectivity index (χ1v) is 6.97. The Bertz CT molecular complexity index is 183. The predicted molar refractivity (Wildman–Crippen MR) is 72.5 cm³/mol. The summed E-state index contributed by atoms with van der Waals surface area (Å²) in [7, 11) is 1.20. The third-order valence-corrected chi connectivity index (χ3v) is 2.67. The topological polar surface area (TPSA) is 0 Å². The summed E-state index contributed by atoms with van der Waals surface area (Å²) in [5.74, 6) is 0. The average Bonchev–Trinajstić information content (AvgIpc) is 2.99. The summed E-state index contributed by atoms with van der Waals surface area (Å²) in [6, 6.07) is 0. The van der Waals surface area contributed by atoms with Crippen LogP contribution in [0.3, 0.4) is 0 Å². The molecule has 2 rings (SSSR count). The number of hydrogen-bond donors (Lipinski definition) is 0. The first-order valence-electron chi connectivity index (χ1n) is 5.56. The molecule has 0 atom stereocenters. The molecule has 0 aromatic heterocycles. The molecule has 0 unspecified atom stereocenters. The molecular formula is C14H21NiP. The molecule has 0 nitrogen and oxygen atoms in total. The van der Waals surface area contributed by atoms with Crippen LogP contribution in [0, 0.1) is 12.2 Å². The van der Waals surface area contributed by atoms with Gasteiger partial charge in [-0.15, -0.1) is 21.4 Å². The zero-order valence-electron chi connectivity index (χ0n) is 10.1. The molecule has 0 aromatic carbocycles. The molecule has 0 amide bonds. The second-order valence-corrected chi connectivity index (χ2v) is 4.88. The average molecular weight is 279 g/mol. The Hall–Kier alpha value is -0.116. The number of hydrogen-bond acceptors (Lipinski definition) is 0. The van der Waals surface area contributed by atoms with Crippen LogP contribution < -0.4 is 0 Å². The molecule has 2 aliphatic rings. The Labute approximate surface area is 113 Å². The largest absolute Gasteiger partial charge is 2.00 e. The Morgan fingerprint density at radius 1 is 0.938 bits per heavy atom. The molecule has 2 heteroatoms. The minimum Gasteiger partial charge on any atom is -0.273 e. The Morgan fingerprint density at radius 3 is 1.44 bits per heavy atom. The minimum atomic E-state index is 0. The van der Waals surface area contributed by atoms with Gasteiger partial charge < -0.3 is 0 Å². The van der Waals surface area contributed by atoms with Crippen molar-refractivity contribution >= 4 is 8.58 Å². The van der Waals surface area contributed by atoms with E-state index in [0.29, 0.717) is 0 Å². The van der Waals surface area contributed by atoms with Crippen molar-refractivity contribution in [2.75, 3.05) is 12.3 Å². The molecule has 92 valence electrons. The van der Waals surface area contributed by atoms with Crippen molar-refractivity contribution < 1.29 is 16.5 Å². The summed E-state index contributed by atoms with van der Waals surface area (Å²) in [6.45, 7) is 4.45. The van der Waals surface area contributed by atoms with Gasteiger partial charge in [0.05, 0.1) is 0 Å². The van der Waals surface area contributed by atoms with Gasteiger partial charge in [-0.3, -0.25) is 12.2 Å². The Balaban J connectivity index is 0. The number of rotatable bonds is 2. The van der Waals surface area contributed by atoms with Crippen LogP contribution in [-0.2, 0) is 16.5 Å². The van der Waals surface area contributed by atoms with E-state index in [4.69, 9.17) is 0 Å². The van der Waals surface area contributed by atoms with Gasteiger partial charge in [0.15, 0.2) is 0 Å². The van der Waals surface area contributed by atoms with Gasteiger partial charge in [-0.25, -0.2) is 24.3 Å². The molecule has 0 heterocycles. The van der Waals surface area contributed by atoms with E-state index in [0.717, 1.165) is 12.8 Å². The van der Waals surface area contributed by atoms with E-state index in [9.17, 15) is 0 Å². The zero-order valence-corrected chi connectivity index (χ0v) is 12.1. The summed E-state index contributed by atoms with van der Waals surface area (Å²) in [5.41, 5.74) is 0. The van der Waals surface area contributed by atoms with E-state index in [1.54, 1.807) is 0 Å². The molecular weight excluding hydrogens is 258 g/mol. The molecule has 0 saturated carbocycles. The van der Waals surface area contributed by atoms with Crippen LogP contribution in [0.4, 0.5) is 0 Å². The van der Waals surface area contributed by atoms with E-state index in [1.165, 1.54) is 20.9 Å². The molecule has 0 radical (unpaired) electrons. The quantitative estimate of drug-likeness (QED) is 0.401. The molecule has 0 spiro atoms. The van der Waals surface area contributed by atoms with Crippen LogP contribution in [-0.4, -0.2) is 12.3 Å². The van der Waals surface area contributed by atoms with Gasteiger partial charge in [-0.2, -0.15) is 12.2 Å². The summed E-state index contributed by atoms with van der Waals surface area (Å²) < 4.78 is 0. The van der Waals surface area contributed by atoms with Gasteiger partial charge >= 0.3 is 16.5 Å². The van der Waals surface area contributed by atoms with Crippen LogP contribution >= 0.6 is 8.58 Å². The third kappa shape index (κ3) is 16.3.